The van der Waals surface area contributed by atoms with Crippen LogP contribution in [0.15, 0.2) is 73.1 Å². The summed E-state index contributed by atoms with van der Waals surface area (Å²) in [5, 5.41) is 12.0. The lowest BCUT2D eigenvalue weighted by molar-refractivity contribution is 0.415. The monoisotopic (exact) mass is 399 g/mol. The lowest BCUT2D eigenvalue weighted by Gasteiger charge is -2.12. The number of anilines is 1. The van der Waals surface area contributed by atoms with Gasteiger partial charge in [0.05, 0.1) is 14.2 Å². The Kier molecular flexibility index (Phi) is 5.80. The molecular weight excluding hydrogens is 378 g/mol. The number of benzene rings is 2. The molecule has 0 fully saturated rings. The molecule has 0 saturated heterocycles. The lowest BCUT2D eigenvalue weighted by Crippen LogP contribution is -2.07. The highest BCUT2D eigenvalue weighted by Crippen LogP contribution is 2.32. The average Bonchev–Trinajstić information content (AvgIpc) is 2.83. The fourth-order valence-corrected chi connectivity index (χ4v) is 3.02. The SMILES string of the molecule is COc1cccc(-c2nnc(NCc3cccnc3)nc2-c2cccc(OC)c2)c1. The van der Waals surface area contributed by atoms with Gasteiger partial charge in [0.2, 0.25) is 5.95 Å². The van der Waals surface area contributed by atoms with E-state index >= 15 is 0 Å². The Bertz CT molecular complexity index is 1140. The molecule has 1 N–H and O–H groups in total. The summed E-state index contributed by atoms with van der Waals surface area (Å²) in [6.07, 6.45) is 3.54. The number of nitrogens with one attached hydrogen (secondary N) is 1. The second-order valence-electron chi connectivity index (χ2n) is 6.51. The van der Waals surface area contributed by atoms with E-state index in [9.17, 15) is 0 Å². The van der Waals surface area contributed by atoms with Crippen LogP contribution in [0.2, 0.25) is 0 Å². The maximum absolute atomic E-state index is 5.39. The molecule has 7 nitrogen and oxygen atoms in total. The Balaban J connectivity index is 1.75. The molecule has 0 saturated carbocycles. The number of nitrogens with zero attached hydrogens (tertiary/aromatic N) is 4. The van der Waals surface area contributed by atoms with Crippen LogP contribution in [0.1, 0.15) is 5.56 Å². The van der Waals surface area contributed by atoms with Crippen molar-refractivity contribution in [2.45, 2.75) is 6.54 Å². The summed E-state index contributed by atoms with van der Waals surface area (Å²) in [4.78, 5) is 8.89. The van der Waals surface area contributed by atoms with Crippen molar-refractivity contribution in [3.63, 3.8) is 0 Å². The molecule has 4 rings (SSSR count). The van der Waals surface area contributed by atoms with Crippen LogP contribution in [0, 0.1) is 0 Å². The summed E-state index contributed by atoms with van der Waals surface area (Å²) in [5.41, 5.74) is 4.14. The van der Waals surface area contributed by atoms with Gasteiger partial charge in [-0.1, -0.05) is 30.3 Å². The average molecular weight is 399 g/mol. The van der Waals surface area contributed by atoms with Gasteiger partial charge >= 0.3 is 0 Å². The summed E-state index contributed by atoms with van der Waals surface area (Å²) < 4.78 is 10.8. The molecule has 0 aliphatic rings. The van der Waals surface area contributed by atoms with Gasteiger partial charge in [-0.05, 0) is 35.9 Å². The Morgan fingerprint density at radius 3 is 2.13 bits per heavy atom. The Morgan fingerprint density at radius 1 is 0.800 bits per heavy atom. The fraction of sp³-hybridized carbons (Fsp3) is 0.130. The van der Waals surface area contributed by atoms with Crippen molar-refractivity contribution < 1.29 is 9.47 Å². The van der Waals surface area contributed by atoms with Gasteiger partial charge in [-0.2, -0.15) is 0 Å². The molecule has 0 amide bonds. The van der Waals surface area contributed by atoms with Crippen LogP contribution in [0.3, 0.4) is 0 Å². The van der Waals surface area contributed by atoms with E-state index < -0.39 is 0 Å². The minimum absolute atomic E-state index is 0.434. The molecule has 2 aromatic carbocycles. The molecule has 0 radical (unpaired) electrons. The Hall–Kier alpha value is -4.00. The topological polar surface area (TPSA) is 82.1 Å². The number of aromatic nitrogens is 4. The number of ether oxygens (including phenoxy) is 2. The van der Waals surface area contributed by atoms with Crippen LogP contribution in [0.4, 0.5) is 5.95 Å². The molecule has 2 heterocycles. The maximum atomic E-state index is 5.39. The molecule has 0 atom stereocenters. The zero-order valence-electron chi connectivity index (χ0n) is 16.7. The second kappa shape index (κ2) is 9.00. The predicted molar refractivity (Wildman–Crippen MR) is 115 cm³/mol. The van der Waals surface area contributed by atoms with Crippen molar-refractivity contribution in [2.24, 2.45) is 0 Å². The highest BCUT2D eigenvalue weighted by molar-refractivity contribution is 5.79. The van der Waals surface area contributed by atoms with Gasteiger partial charge in [0.25, 0.3) is 0 Å². The van der Waals surface area contributed by atoms with Crippen LogP contribution in [0.5, 0.6) is 11.5 Å². The van der Waals surface area contributed by atoms with Crippen molar-refractivity contribution in [1.29, 1.82) is 0 Å². The van der Waals surface area contributed by atoms with E-state index in [0.717, 1.165) is 28.2 Å². The van der Waals surface area contributed by atoms with Crippen LogP contribution < -0.4 is 14.8 Å². The number of rotatable bonds is 7. The summed E-state index contributed by atoms with van der Waals surface area (Å²) >= 11 is 0. The molecule has 0 unspecified atom stereocenters. The van der Waals surface area contributed by atoms with E-state index in [1.807, 2.05) is 60.7 Å². The molecule has 0 bridgehead atoms. The van der Waals surface area contributed by atoms with E-state index in [1.54, 1.807) is 26.6 Å². The van der Waals surface area contributed by atoms with Crippen molar-refractivity contribution in [1.82, 2.24) is 20.2 Å². The summed E-state index contributed by atoms with van der Waals surface area (Å²) in [7, 11) is 3.28. The summed E-state index contributed by atoms with van der Waals surface area (Å²) in [6.45, 7) is 0.547. The predicted octanol–water partition coefficient (Wildman–Crippen LogP) is 4.23. The minimum Gasteiger partial charge on any atom is -0.497 e. The van der Waals surface area contributed by atoms with Crippen LogP contribution >= 0.6 is 0 Å². The van der Waals surface area contributed by atoms with Crippen molar-refractivity contribution >= 4 is 5.95 Å². The van der Waals surface area contributed by atoms with Gasteiger partial charge in [0, 0.05) is 30.1 Å². The Labute approximate surface area is 174 Å². The standard InChI is InChI=1S/C23H21N5O2/c1-29-19-9-3-7-17(12-19)21-22(18-8-4-10-20(13-18)30-2)27-28-23(26-21)25-15-16-6-5-11-24-14-16/h3-14H,15H2,1-2H3,(H,25,26,28). The number of methoxy groups -OCH3 is 2. The van der Waals surface area contributed by atoms with E-state index in [4.69, 9.17) is 14.5 Å². The molecule has 0 spiro atoms. The van der Waals surface area contributed by atoms with Crippen molar-refractivity contribution in [2.75, 3.05) is 19.5 Å². The molecule has 2 aromatic heterocycles. The zero-order chi connectivity index (χ0) is 20.8. The smallest absolute Gasteiger partial charge is 0.243 e. The highest BCUT2D eigenvalue weighted by Gasteiger charge is 2.15. The van der Waals surface area contributed by atoms with E-state index in [2.05, 4.69) is 20.5 Å². The third-order valence-corrected chi connectivity index (χ3v) is 4.55. The van der Waals surface area contributed by atoms with E-state index in [-0.39, 0.29) is 0 Å². The Morgan fingerprint density at radius 2 is 1.50 bits per heavy atom. The molecule has 7 heteroatoms. The lowest BCUT2D eigenvalue weighted by atomic mass is 10.0. The third-order valence-electron chi connectivity index (χ3n) is 4.55. The normalized spacial score (nSPS) is 10.5. The molecular formula is C23H21N5O2. The quantitative estimate of drug-likeness (QED) is 0.498. The van der Waals surface area contributed by atoms with Crippen molar-refractivity contribution in [3.8, 4) is 34.0 Å². The number of hydrogen-bond donors (Lipinski definition) is 1. The first kappa shape index (κ1) is 19.3. The van der Waals surface area contributed by atoms with Crippen LogP contribution in [0.25, 0.3) is 22.5 Å². The van der Waals surface area contributed by atoms with Gasteiger partial charge in [-0.3, -0.25) is 4.98 Å². The largest absolute Gasteiger partial charge is 0.497 e. The van der Waals surface area contributed by atoms with Gasteiger partial charge in [-0.15, -0.1) is 10.2 Å². The summed E-state index contributed by atoms with van der Waals surface area (Å²) in [5.74, 6) is 1.92. The third kappa shape index (κ3) is 4.35. The van der Waals surface area contributed by atoms with Gasteiger partial charge < -0.3 is 14.8 Å². The van der Waals surface area contributed by atoms with Crippen LogP contribution in [-0.2, 0) is 6.54 Å². The zero-order valence-corrected chi connectivity index (χ0v) is 16.7. The van der Waals surface area contributed by atoms with E-state index in [1.165, 1.54) is 0 Å². The van der Waals surface area contributed by atoms with Gasteiger partial charge in [0.1, 0.15) is 22.9 Å². The van der Waals surface area contributed by atoms with Gasteiger partial charge in [-0.25, -0.2) is 4.98 Å². The molecule has 4 aromatic rings. The maximum Gasteiger partial charge on any atom is 0.243 e. The molecule has 30 heavy (non-hydrogen) atoms. The number of pyridine rings is 1. The first-order valence-electron chi connectivity index (χ1n) is 9.43. The first-order chi connectivity index (χ1) is 14.8. The van der Waals surface area contributed by atoms with Crippen LogP contribution in [-0.4, -0.2) is 34.4 Å². The molecule has 150 valence electrons. The molecule has 0 aliphatic carbocycles. The summed E-state index contributed by atoms with van der Waals surface area (Å²) in [6, 6.07) is 19.3. The first-order valence-corrected chi connectivity index (χ1v) is 9.43. The fourth-order valence-electron chi connectivity index (χ4n) is 3.02. The van der Waals surface area contributed by atoms with E-state index in [0.29, 0.717) is 23.9 Å². The van der Waals surface area contributed by atoms with Crippen molar-refractivity contribution in [3.05, 3.63) is 78.6 Å². The number of hydrogen-bond acceptors (Lipinski definition) is 7. The van der Waals surface area contributed by atoms with Gasteiger partial charge in [0.15, 0.2) is 0 Å². The highest BCUT2D eigenvalue weighted by atomic mass is 16.5. The molecule has 0 aliphatic heterocycles. The second-order valence-corrected chi connectivity index (χ2v) is 6.51. The minimum atomic E-state index is 0.434.